The van der Waals surface area contributed by atoms with Crippen molar-refractivity contribution in [3.05, 3.63) is 41.5 Å². The topological polar surface area (TPSA) is 138 Å². The number of aromatic hydroxyl groups is 2. The van der Waals surface area contributed by atoms with Crippen LogP contribution in [0.1, 0.15) is 56.1 Å². The molecule has 2 unspecified atom stereocenters. The van der Waals surface area contributed by atoms with Gasteiger partial charge in [-0.3, -0.25) is 0 Å². The Morgan fingerprint density at radius 3 is 2.28 bits per heavy atom. The van der Waals surface area contributed by atoms with E-state index in [-0.39, 0.29) is 35.2 Å². The smallest absolute Gasteiger partial charge is 0.200 e. The van der Waals surface area contributed by atoms with Crippen LogP contribution in [0, 0.1) is 0 Å². The van der Waals surface area contributed by atoms with Crippen molar-refractivity contribution in [3.8, 4) is 28.7 Å². The average molecular weight is 507 g/mol. The Kier molecular flexibility index (Phi) is 10.9. The Labute approximate surface area is 211 Å². The predicted molar refractivity (Wildman–Crippen MR) is 133 cm³/mol. The van der Waals surface area contributed by atoms with Gasteiger partial charge in [0.25, 0.3) is 0 Å². The van der Waals surface area contributed by atoms with Crippen LogP contribution in [0.15, 0.2) is 30.3 Å². The van der Waals surface area contributed by atoms with E-state index in [1.54, 1.807) is 18.2 Å². The van der Waals surface area contributed by atoms with Crippen LogP contribution in [0.2, 0.25) is 0 Å². The SMILES string of the molecule is COc1cc(CCC(O)CC(CCc2ccc(O)c(OC3CCCC3)c2)OCO)cc(OCO)c1O. The quantitative estimate of drug-likeness (QED) is 0.230. The molecule has 5 N–H and O–H groups in total. The fraction of sp³-hybridized carbons (Fsp3) is 0.556. The molecule has 0 amide bonds. The summed E-state index contributed by atoms with van der Waals surface area (Å²) in [5.41, 5.74) is 1.75. The van der Waals surface area contributed by atoms with Gasteiger partial charge in [0.2, 0.25) is 5.75 Å². The predicted octanol–water partition coefficient (Wildman–Crippen LogP) is 3.41. The van der Waals surface area contributed by atoms with Crippen LogP contribution >= 0.6 is 0 Å². The monoisotopic (exact) mass is 506 g/mol. The number of aliphatic hydroxyl groups is 3. The second-order valence-electron chi connectivity index (χ2n) is 9.13. The molecule has 0 radical (unpaired) electrons. The van der Waals surface area contributed by atoms with Crippen LogP contribution in [-0.4, -0.2) is 64.5 Å². The van der Waals surface area contributed by atoms with Crippen LogP contribution < -0.4 is 14.2 Å². The minimum Gasteiger partial charge on any atom is -0.504 e. The van der Waals surface area contributed by atoms with Gasteiger partial charge < -0.3 is 44.5 Å². The Balaban J connectivity index is 1.54. The lowest BCUT2D eigenvalue weighted by molar-refractivity contribution is -0.0690. The van der Waals surface area contributed by atoms with Crippen LogP contribution in [0.3, 0.4) is 0 Å². The fourth-order valence-corrected chi connectivity index (χ4v) is 4.57. The van der Waals surface area contributed by atoms with Gasteiger partial charge in [-0.05, 0) is 93.2 Å². The molecule has 3 rings (SSSR count). The molecule has 2 aromatic rings. The summed E-state index contributed by atoms with van der Waals surface area (Å²) in [4.78, 5) is 0. The van der Waals surface area contributed by atoms with E-state index in [9.17, 15) is 20.4 Å². The lowest BCUT2D eigenvalue weighted by Crippen LogP contribution is -2.22. The van der Waals surface area contributed by atoms with Crippen molar-refractivity contribution in [2.24, 2.45) is 0 Å². The molecular weight excluding hydrogens is 468 g/mol. The normalized spacial score (nSPS) is 15.6. The van der Waals surface area contributed by atoms with Gasteiger partial charge in [0, 0.05) is 0 Å². The first-order chi connectivity index (χ1) is 17.4. The van der Waals surface area contributed by atoms with Crippen molar-refractivity contribution in [2.75, 3.05) is 20.7 Å². The molecule has 1 saturated carbocycles. The maximum Gasteiger partial charge on any atom is 0.200 e. The van der Waals surface area contributed by atoms with E-state index in [0.29, 0.717) is 37.9 Å². The molecule has 9 heteroatoms. The Hall–Kier alpha value is -2.72. The lowest BCUT2D eigenvalue weighted by Gasteiger charge is -2.21. The molecule has 0 bridgehead atoms. The molecule has 200 valence electrons. The molecule has 2 atom stereocenters. The summed E-state index contributed by atoms with van der Waals surface area (Å²) in [5, 5.41) is 49.2. The van der Waals surface area contributed by atoms with E-state index in [0.717, 1.165) is 36.8 Å². The molecule has 1 aliphatic carbocycles. The summed E-state index contributed by atoms with van der Waals surface area (Å²) >= 11 is 0. The molecule has 0 saturated heterocycles. The van der Waals surface area contributed by atoms with E-state index in [2.05, 4.69) is 0 Å². The zero-order valence-electron chi connectivity index (χ0n) is 20.8. The number of hydrogen-bond acceptors (Lipinski definition) is 9. The molecular formula is C27H38O9. The molecule has 0 aliphatic heterocycles. The summed E-state index contributed by atoms with van der Waals surface area (Å²) in [6, 6.07) is 8.58. The van der Waals surface area contributed by atoms with Crippen LogP contribution in [0.25, 0.3) is 0 Å². The largest absolute Gasteiger partial charge is 0.504 e. The second kappa shape index (κ2) is 14.1. The number of ether oxygens (including phenoxy) is 4. The number of rotatable bonds is 15. The third-order valence-electron chi connectivity index (χ3n) is 6.53. The highest BCUT2D eigenvalue weighted by molar-refractivity contribution is 5.52. The number of phenolic OH excluding ortho intramolecular Hbond substituents is 2. The molecule has 36 heavy (non-hydrogen) atoms. The van der Waals surface area contributed by atoms with Gasteiger partial charge in [-0.2, -0.15) is 0 Å². The van der Waals surface area contributed by atoms with E-state index in [4.69, 9.17) is 24.1 Å². The van der Waals surface area contributed by atoms with Crippen molar-refractivity contribution in [3.63, 3.8) is 0 Å². The molecule has 2 aromatic carbocycles. The number of aryl methyl sites for hydroxylation is 2. The molecule has 1 fully saturated rings. The number of phenols is 2. The van der Waals surface area contributed by atoms with Gasteiger partial charge in [-0.1, -0.05) is 6.07 Å². The van der Waals surface area contributed by atoms with Crippen LogP contribution in [0.4, 0.5) is 0 Å². The molecule has 1 aliphatic rings. The van der Waals surface area contributed by atoms with E-state index in [1.165, 1.54) is 7.11 Å². The second-order valence-corrected chi connectivity index (χ2v) is 9.13. The Morgan fingerprint density at radius 1 is 0.889 bits per heavy atom. The highest BCUT2D eigenvalue weighted by Gasteiger charge is 2.20. The van der Waals surface area contributed by atoms with Crippen LogP contribution in [-0.2, 0) is 17.6 Å². The number of aliphatic hydroxyl groups excluding tert-OH is 3. The number of hydrogen-bond donors (Lipinski definition) is 5. The van der Waals surface area contributed by atoms with E-state index in [1.807, 2.05) is 12.1 Å². The highest BCUT2D eigenvalue weighted by Crippen LogP contribution is 2.38. The van der Waals surface area contributed by atoms with Crippen molar-refractivity contribution in [1.29, 1.82) is 0 Å². The highest BCUT2D eigenvalue weighted by atomic mass is 16.6. The molecule has 0 spiro atoms. The van der Waals surface area contributed by atoms with Gasteiger partial charge in [-0.15, -0.1) is 0 Å². The summed E-state index contributed by atoms with van der Waals surface area (Å²) in [5.74, 6) is 0.749. The maximum atomic E-state index is 10.6. The van der Waals surface area contributed by atoms with Crippen molar-refractivity contribution >= 4 is 0 Å². The minimum atomic E-state index is -0.690. The summed E-state index contributed by atoms with van der Waals surface area (Å²) < 4.78 is 21.6. The first kappa shape index (κ1) is 27.9. The zero-order chi connectivity index (χ0) is 25.9. The van der Waals surface area contributed by atoms with Crippen molar-refractivity contribution < 1.29 is 44.5 Å². The Morgan fingerprint density at radius 2 is 1.58 bits per heavy atom. The molecule has 0 aromatic heterocycles. The summed E-state index contributed by atoms with van der Waals surface area (Å²) in [6.07, 6.45) is 5.82. The first-order valence-electron chi connectivity index (χ1n) is 12.5. The fourth-order valence-electron chi connectivity index (χ4n) is 4.57. The van der Waals surface area contributed by atoms with Gasteiger partial charge in [0.1, 0.15) is 6.79 Å². The zero-order valence-corrected chi connectivity index (χ0v) is 20.8. The summed E-state index contributed by atoms with van der Waals surface area (Å²) in [7, 11) is 1.42. The van der Waals surface area contributed by atoms with Crippen LogP contribution in [0.5, 0.6) is 28.7 Å². The standard InChI is InChI=1S/C27H38O9/c1-33-25-13-19(14-26(27(25)32)35-17-29)6-9-20(30)15-22(34-16-28)10-7-18-8-11-23(31)24(12-18)36-21-4-2-3-5-21/h8,11-14,20-22,28-32H,2-7,9-10,15-17H2,1H3. The summed E-state index contributed by atoms with van der Waals surface area (Å²) in [6.45, 7) is -1.03. The van der Waals surface area contributed by atoms with Gasteiger partial charge in [0.05, 0.1) is 25.4 Å². The minimum absolute atomic E-state index is 0.105. The van der Waals surface area contributed by atoms with Gasteiger partial charge >= 0.3 is 0 Å². The van der Waals surface area contributed by atoms with Gasteiger partial charge in [-0.25, -0.2) is 0 Å². The first-order valence-corrected chi connectivity index (χ1v) is 12.5. The van der Waals surface area contributed by atoms with Crippen molar-refractivity contribution in [1.82, 2.24) is 0 Å². The Bertz CT molecular complexity index is 943. The third-order valence-corrected chi connectivity index (χ3v) is 6.53. The molecule has 0 heterocycles. The van der Waals surface area contributed by atoms with Gasteiger partial charge in [0.15, 0.2) is 29.8 Å². The number of benzene rings is 2. The third kappa shape index (κ3) is 8.16. The maximum absolute atomic E-state index is 10.6. The lowest BCUT2D eigenvalue weighted by atomic mass is 9.98. The van der Waals surface area contributed by atoms with E-state index >= 15 is 0 Å². The van der Waals surface area contributed by atoms with E-state index < -0.39 is 19.7 Å². The average Bonchev–Trinajstić information content (AvgIpc) is 3.38. The van der Waals surface area contributed by atoms with Crippen molar-refractivity contribution in [2.45, 2.75) is 76.1 Å². The number of methoxy groups -OCH3 is 1. The molecule has 9 nitrogen and oxygen atoms in total.